The van der Waals surface area contributed by atoms with Gasteiger partial charge in [0.05, 0.1) is 28.1 Å². The molecule has 0 atom stereocenters. The van der Waals surface area contributed by atoms with E-state index in [1.54, 1.807) is 12.3 Å². The predicted molar refractivity (Wildman–Crippen MR) is 73.8 cm³/mol. The second-order valence-corrected chi connectivity index (χ2v) is 5.93. The molecule has 1 aromatic heterocycles. The molecular weight excluding hydrogens is 336 g/mol. The van der Waals surface area contributed by atoms with E-state index in [0.717, 1.165) is 8.79 Å². The van der Waals surface area contributed by atoms with E-state index in [4.69, 9.17) is 9.47 Å². The molecule has 100 valence electrons. The molecule has 0 aliphatic heterocycles. The second-order valence-electron chi connectivity index (χ2n) is 3.44. The number of rotatable bonds is 5. The van der Waals surface area contributed by atoms with Crippen molar-refractivity contribution in [3.05, 3.63) is 43.3 Å². The largest absolute Gasteiger partial charge is 0.496 e. The molecule has 0 amide bonds. The van der Waals surface area contributed by atoms with Crippen LogP contribution in [0.25, 0.3) is 0 Å². The van der Waals surface area contributed by atoms with Crippen molar-refractivity contribution < 1.29 is 14.4 Å². The van der Waals surface area contributed by atoms with Gasteiger partial charge in [-0.05, 0) is 28.1 Å². The van der Waals surface area contributed by atoms with Gasteiger partial charge < -0.3 is 9.47 Å². The molecule has 8 heteroatoms. The van der Waals surface area contributed by atoms with E-state index in [1.807, 2.05) is 0 Å². The van der Waals surface area contributed by atoms with Crippen molar-refractivity contribution in [1.82, 2.24) is 4.98 Å². The van der Waals surface area contributed by atoms with Crippen molar-refractivity contribution in [1.29, 1.82) is 0 Å². The number of thiazole rings is 1. The van der Waals surface area contributed by atoms with E-state index in [9.17, 15) is 10.1 Å². The van der Waals surface area contributed by atoms with Crippen molar-refractivity contribution in [2.75, 3.05) is 7.11 Å². The summed E-state index contributed by atoms with van der Waals surface area (Å²) >= 11 is 4.71. The number of benzene rings is 1. The number of aromatic nitrogens is 1. The molecule has 0 fully saturated rings. The van der Waals surface area contributed by atoms with Crippen LogP contribution in [0.2, 0.25) is 0 Å². The fourth-order valence-electron chi connectivity index (χ4n) is 1.38. The van der Waals surface area contributed by atoms with Crippen LogP contribution in [0.3, 0.4) is 0 Å². The summed E-state index contributed by atoms with van der Waals surface area (Å²) in [7, 11) is 1.45. The summed E-state index contributed by atoms with van der Waals surface area (Å²) in [4.78, 5) is 14.5. The predicted octanol–water partition coefficient (Wildman–Crippen LogP) is 3.40. The molecule has 2 aromatic rings. The monoisotopic (exact) mass is 344 g/mol. The van der Waals surface area contributed by atoms with E-state index >= 15 is 0 Å². The summed E-state index contributed by atoms with van der Waals surface area (Å²) in [5, 5.41) is 11.7. The van der Waals surface area contributed by atoms with E-state index in [-0.39, 0.29) is 18.0 Å². The molecule has 1 heterocycles. The van der Waals surface area contributed by atoms with Crippen LogP contribution in [-0.2, 0) is 6.61 Å². The third-order valence-electron chi connectivity index (χ3n) is 2.24. The lowest BCUT2D eigenvalue weighted by Crippen LogP contribution is -1.99. The van der Waals surface area contributed by atoms with Crippen LogP contribution in [0.15, 0.2) is 28.2 Å². The Balaban J connectivity index is 2.17. The number of ether oxygens (including phenoxy) is 2. The standard InChI is InChI=1S/C11H9BrN2O4S/c1-17-7-2-3-9(8(4-7)14(15)16)18-6-11-13-5-10(12)19-11/h2-5H,6H2,1H3. The molecule has 0 radical (unpaired) electrons. The van der Waals surface area contributed by atoms with Crippen molar-refractivity contribution in [3.63, 3.8) is 0 Å². The van der Waals surface area contributed by atoms with Crippen molar-refractivity contribution >= 4 is 33.0 Å². The highest BCUT2D eigenvalue weighted by Gasteiger charge is 2.17. The Morgan fingerprint density at radius 1 is 1.53 bits per heavy atom. The van der Waals surface area contributed by atoms with Crippen LogP contribution in [-0.4, -0.2) is 17.0 Å². The quantitative estimate of drug-likeness (QED) is 0.613. The molecule has 6 nitrogen and oxygen atoms in total. The Kier molecular flexibility index (Phi) is 4.33. The van der Waals surface area contributed by atoms with Gasteiger partial charge in [0.15, 0.2) is 5.75 Å². The first kappa shape index (κ1) is 13.8. The lowest BCUT2D eigenvalue weighted by Gasteiger charge is -2.06. The lowest BCUT2D eigenvalue weighted by molar-refractivity contribution is -0.386. The zero-order chi connectivity index (χ0) is 13.8. The number of methoxy groups -OCH3 is 1. The zero-order valence-corrected chi connectivity index (χ0v) is 12.2. The van der Waals surface area contributed by atoms with Gasteiger partial charge in [0.2, 0.25) is 0 Å². The number of halogens is 1. The SMILES string of the molecule is COc1ccc(OCc2ncc(Br)s2)c([N+](=O)[O-])c1. The maximum Gasteiger partial charge on any atom is 0.314 e. The summed E-state index contributed by atoms with van der Waals surface area (Å²) in [6.45, 7) is 0.184. The normalized spacial score (nSPS) is 10.2. The molecule has 0 unspecified atom stereocenters. The smallest absolute Gasteiger partial charge is 0.314 e. The van der Waals surface area contributed by atoms with E-state index in [1.165, 1.54) is 30.6 Å². The summed E-state index contributed by atoms with van der Waals surface area (Å²) < 4.78 is 11.3. The molecule has 0 saturated carbocycles. The molecule has 0 aliphatic carbocycles. The maximum absolute atomic E-state index is 11.0. The summed E-state index contributed by atoms with van der Waals surface area (Å²) in [6.07, 6.45) is 1.66. The number of nitro benzene ring substituents is 1. The van der Waals surface area contributed by atoms with Gasteiger partial charge in [-0.1, -0.05) is 0 Å². The number of hydrogen-bond acceptors (Lipinski definition) is 6. The summed E-state index contributed by atoms with van der Waals surface area (Å²) in [5.74, 6) is 0.605. The molecule has 2 rings (SSSR count). The van der Waals surface area contributed by atoms with Gasteiger partial charge in [-0.15, -0.1) is 11.3 Å². The number of nitrogens with zero attached hydrogens (tertiary/aromatic N) is 2. The van der Waals surface area contributed by atoms with Crippen LogP contribution >= 0.6 is 27.3 Å². The van der Waals surface area contributed by atoms with E-state index < -0.39 is 4.92 Å². The van der Waals surface area contributed by atoms with Gasteiger partial charge in [-0.25, -0.2) is 4.98 Å². The minimum atomic E-state index is -0.504. The molecule has 0 N–H and O–H groups in total. The van der Waals surface area contributed by atoms with E-state index in [0.29, 0.717) is 5.75 Å². The Bertz CT molecular complexity index is 602. The molecular formula is C11H9BrN2O4S. The molecule has 0 aliphatic rings. The highest BCUT2D eigenvalue weighted by atomic mass is 79.9. The van der Waals surface area contributed by atoms with Crippen LogP contribution in [0.5, 0.6) is 11.5 Å². The van der Waals surface area contributed by atoms with Gasteiger partial charge in [0.25, 0.3) is 0 Å². The Hall–Kier alpha value is -1.67. The topological polar surface area (TPSA) is 74.5 Å². The fourth-order valence-corrected chi connectivity index (χ4v) is 2.60. The minimum Gasteiger partial charge on any atom is -0.496 e. The van der Waals surface area contributed by atoms with Crippen molar-refractivity contribution in [2.45, 2.75) is 6.61 Å². The van der Waals surface area contributed by atoms with Crippen LogP contribution in [0.1, 0.15) is 5.01 Å². The second kappa shape index (κ2) is 5.98. The number of hydrogen-bond donors (Lipinski definition) is 0. The fraction of sp³-hybridized carbons (Fsp3) is 0.182. The summed E-state index contributed by atoms with van der Waals surface area (Å²) in [5.41, 5.74) is -0.130. The van der Waals surface area contributed by atoms with Crippen molar-refractivity contribution in [2.24, 2.45) is 0 Å². The minimum absolute atomic E-state index is 0.130. The molecule has 0 spiro atoms. The summed E-state index contributed by atoms with van der Waals surface area (Å²) in [6, 6.07) is 4.45. The van der Waals surface area contributed by atoms with E-state index in [2.05, 4.69) is 20.9 Å². The number of nitro groups is 1. The Labute approximate surface area is 121 Å². The maximum atomic E-state index is 11.0. The van der Waals surface area contributed by atoms with Gasteiger partial charge in [0, 0.05) is 0 Å². The molecule has 1 aromatic carbocycles. The average Bonchev–Trinajstić information content (AvgIpc) is 2.82. The molecule has 0 bridgehead atoms. The average molecular weight is 345 g/mol. The lowest BCUT2D eigenvalue weighted by atomic mass is 10.3. The molecule has 0 saturated heterocycles. The highest BCUT2D eigenvalue weighted by Crippen LogP contribution is 2.32. The van der Waals surface area contributed by atoms with Crippen LogP contribution < -0.4 is 9.47 Å². The Morgan fingerprint density at radius 2 is 2.32 bits per heavy atom. The van der Waals surface area contributed by atoms with Gasteiger partial charge in [-0.3, -0.25) is 10.1 Å². The Morgan fingerprint density at radius 3 is 2.89 bits per heavy atom. The van der Waals surface area contributed by atoms with Gasteiger partial charge >= 0.3 is 5.69 Å². The first-order valence-electron chi connectivity index (χ1n) is 5.15. The van der Waals surface area contributed by atoms with Gasteiger partial charge in [0.1, 0.15) is 17.4 Å². The highest BCUT2D eigenvalue weighted by molar-refractivity contribution is 9.11. The third-order valence-corrected chi connectivity index (χ3v) is 3.69. The van der Waals surface area contributed by atoms with Gasteiger partial charge in [-0.2, -0.15) is 0 Å². The van der Waals surface area contributed by atoms with Crippen molar-refractivity contribution in [3.8, 4) is 11.5 Å². The first-order valence-corrected chi connectivity index (χ1v) is 6.76. The first-order chi connectivity index (χ1) is 9.10. The van der Waals surface area contributed by atoms with Crippen LogP contribution in [0.4, 0.5) is 5.69 Å². The molecule has 19 heavy (non-hydrogen) atoms. The third kappa shape index (κ3) is 3.42. The zero-order valence-electron chi connectivity index (χ0n) is 9.83. The van der Waals surface area contributed by atoms with Crippen LogP contribution in [0, 0.1) is 10.1 Å².